The van der Waals surface area contributed by atoms with Gasteiger partial charge in [-0.15, -0.1) is 0 Å². The van der Waals surface area contributed by atoms with E-state index < -0.39 is 11.6 Å². The summed E-state index contributed by atoms with van der Waals surface area (Å²) in [5.74, 6) is 0.497. The Kier molecular flexibility index (Phi) is 5.02. The molecular weight excluding hydrogens is 324 g/mol. The van der Waals surface area contributed by atoms with Crippen LogP contribution in [0.15, 0.2) is 0 Å². The first-order valence-corrected chi connectivity index (χ1v) is 9.08. The van der Waals surface area contributed by atoms with Crippen LogP contribution in [-0.4, -0.2) is 77.1 Å². The molecule has 2 aliphatic heterocycles. The van der Waals surface area contributed by atoms with Crippen molar-refractivity contribution in [2.75, 3.05) is 32.8 Å². The van der Waals surface area contributed by atoms with Gasteiger partial charge in [-0.05, 0) is 44.9 Å². The predicted octanol–water partition coefficient (Wildman–Crippen LogP) is -0.474. The van der Waals surface area contributed by atoms with Crippen LogP contribution < -0.4 is 10.6 Å². The fourth-order valence-electron chi connectivity index (χ4n) is 3.90. The molecule has 1 saturated carbocycles. The van der Waals surface area contributed by atoms with E-state index >= 15 is 0 Å². The maximum atomic E-state index is 12.5. The molecule has 0 radical (unpaired) electrons. The number of nitrogens with zero attached hydrogens (tertiary/aromatic N) is 2. The zero-order valence-corrected chi connectivity index (χ0v) is 15.0. The average molecular weight is 352 g/mol. The van der Waals surface area contributed by atoms with Crippen molar-refractivity contribution in [1.82, 2.24) is 20.4 Å². The smallest absolute Gasteiger partial charge is 0.325 e. The summed E-state index contributed by atoms with van der Waals surface area (Å²) in [5.41, 5.74) is -1.01. The molecule has 0 bridgehead atoms. The third kappa shape index (κ3) is 3.79. The van der Waals surface area contributed by atoms with E-state index in [1.54, 1.807) is 13.8 Å². The number of hydrogen-bond acceptors (Lipinski definition) is 5. The largest absolute Gasteiger partial charge is 0.396 e. The average Bonchev–Trinajstić information content (AvgIpc) is 3.28. The molecule has 0 aromatic heterocycles. The van der Waals surface area contributed by atoms with Crippen LogP contribution in [0.25, 0.3) is 0 Å². The highest BCUT2D eigenvalue weighted by Gasteiger charge is 2.47. The number of imide groups is 1. The minimum Gasteiger partial charge on any atom is -0.396 e. The van der Waals surface area contributed by atoms with Crippen LogP contribution in [-0.2, 0) is 9.59 Å². The lowest BCUT2D eigenvalue weighted by atomic mass is 9.98. The zero-order valence-electron chi connectivity index (χ0n) is 15.0. The fourth-order valence-corrected chi connectivity index (χ4v) is 3.90. The summed E-state index contributed by atoms with van der Waals surface area (Å²) in [7, 11) is 0. The van der Waals surface area contributed by atoms with E-state index in [4.69, 9.17) is 5.11 Å². The number of aliphatic hydroxyl groups is 1. The normalized spacial score (nSPS) is 29.2. The van der Waals surface area contributed by atoms with Gasteiger partial charge in [-0.3, -0.25) is 14.9 Å². The van der Waals surface area contributed by atoms with Gasteiger partial charge in [-0.2, -0.15) is 0 Å². The van der Waals surface area contributed by atoms with Gasteiger partial charge in [0.2, 0.25) is 5.91 Å². The predicted molar refractivity (Wildman–Crippen MR) is 90.6 cm³/mol. The minimum atomic E-state index is -1.01. The van der Waals surface area contributed by atoms with Crippen LogP contribution >= 0.6 is 0 Å². The number of aliphatic hydroxyl groups excluding tert-OH is 1. The second kappa shape index (κ2) is 6.92. The number of rotatable bonds is 7. The Labute approximate surface area is 147 Å². The number of hydrogen-bond donors (Lipinski definition) is 3. The van der Waals surface area contributed by atoms with Gasteiger partial charge in [-0.1, -0.05) is 0 Å². The maximum Gasteiger partial charge on any atom is 0.325 e. The second-order valence-corrected chi connectivity index (χ2v) is 7.92. The lowest BCUT2D eigenvalue weighted by Gasteiger charge is -2.28. The monoisotopic (exact) mass is 352 g/mol. The van der Waals surface area contributed by atoms with E-state index in [-0.39, 0.29) is 31.0 Å². The maximum absolute atomic E-state index is 12.5. The number of likely N-dealkylation sites (tertiary alicyclic amines) is 1. The summed E-state index contributed by atoms with van der Waals surface area (Å²) in [6, 6.07) is -0.442. The van der Waals surface area contributed by atoms with Crippen molar-refractivity contribution in [1.29, 1.82) is 0 Å². The van der Waals surface area contributed by atoms with Gasteiger partial charge in [0.1, 0.15) is 12.1 Å². The molecule has 2 atom stereocenters. The lowest BCUT2D eigenvalue weighted by Crippen LogP contribution is -2.51. The highest BCUT2D eigenvalue weighted by Crippen LogP contribution is 2.41. The van der Waals surface area contributed by atoms with Crippen molar-refractivity contribution in [3.8, 4) is 0 Å². The number of nitrogens with one attached hydrogen (secondary N) is 2. The standard InChI is InChI=1S/C17H28N4O4/c1-17(2)15(24)19-16(25)21(17)10-14(23)18-13-9-20(6-3-7-22)8-12(13)11-4-5-11/h11-13,22H,3-10H2,1-2H3,(H,18,23)(H,19,24,25)/t12-,13+/m0/s1. The van der Waals surface area contributed by atoms with E-state index in [9.17, 15) is 14.4 Å². The first-order chi connectivity index (χ1) is 11.8. The molecule has 3 aliphatic rings. The molecule has 4 amide bonds. The molecule has 8 nitrogen and oxygen atoms in total. The highest BCUT2D eigenvalue weighted by atomic mass is 16.3. The third-order valence-electron chi connectivity index (χ3n) is 5.64. The summed E-state index contributed by atoms with van der Waals surface area (Å²) in [6.07, 6.45) is 3.16. The fraction of sp³-hybridized carbons (Fsp3) is 0.824. The van der Waals surface area contributed by atoms with E-state index in [2.05, 4.69) is 15.5 Å². The van der Waals surface area contributed by atoms with Crippen LogP contribution in [0.3, 0.4) is 0 Å². The Morgan fingerprint density at radius 3 is 2.60 bits per heavy atom. The van der Waals surface area contributed by atoms with Crippen LogP contribution in [0, 0.1) is 11.8 Å². The van der Waals surface area contributed by atoms with E-state index in [0.717, 1.165) is 26.1 Å². The Bertz CT molecular complexity index is 561. The third-order valence-corrected chi connectivity index (χ3v) is 5.64. The van der Waals surface area contributed by atoms with Gasteiger partial charge in [-0.25, -0.2) is 4.79 Å². The number of carbonyl (C=O) groups is 3. The molecular formula is C17H28N4O4. The molecule has 3 rings (SSSR count). The van der Waals surface area contributed by atoms with Crippen molar-refractivity contribution in [3.05, 3.63) is 0 Å². The second-order valence-electron chi connectivity index (χ2n) is 7.92. The summed E-state index contributed by atoms with van der Waals surface area (Å²) >= 11 is 0. The summed E-state index contributed by atoms with van der Waals surface area (Å²) in [6.45, 7) is 5.90. The van der Waals surface area contributed by atoms with E-state index in [0.29, 0.717) is 11.8 Å². The Hall–Kier alpha value is -1.67. The first kappa shape index (κ1) is 18.1. The topological polar surface area (TPSA) is 102 Å². The van der Waals surface area contributed by atoms with Gasteiger partial charge in [0.15, 0.2) is 0 Å². The van der Waals surface area contributed by atoms with Crippen LogP contribution in [0.1, 0.15) is 33.1 Å². The summed E-state index contributed by atoms with van der Waals surface area (Å²) in [4.78, 5) is 39.8. The molecule has 1 aliphatic carbocycles. The van der Waals surface area contributed by atoms with Crippen LogP contribution in [0.4, 0.5) is 4.79 Å². The zero-order chi connectivity index (χ0) is 18.2. The van der Waals surface area contributed by atoms with Gasteiger partial charge < -0.3 is 20.2 Å². The number of urea groups is 1. The van der Waals surface area contributed by atoms with Crippen LogP contribution in [0.2, 0.25) is 0 Å². The molecule has 3 N–H and O–H groups in total. The Morgan fingerprint density at radius 1 is 1.32 bits per heavy atom. The van der Waals surface area contributed by atoms with Crippen molar-refractivity contribution in [2.45, 2.75) is 44.7 Å². The highest BCUT2D eigenvalue weighted by molar-refractivity contribution is 6.07. The molecule has 0 aromatic carbocycles. The number of carbonyl (C=O) groups excluding carboxylic acids is 3. The van der Waals surface area contributed by atoms with Gasteiger partial charge >= 0.3 is 6.03 Å². The summed E-state index contributed by atoms with van der Waals surface area (Å²) in [5, 5.41) is 14.4. The molecule has 0 aromatic rings. The quantitative estimate of drug-likeness (QED) is 0.538. The molecule has 2 heterocycles. The van der Waals surface area contributed by atoms with E-state index in [1.807, 2.05) is 0 Å². The Morgan fingerprint density at radius 2 is 2.04 bits per heavy atom. The molecule has 140 valence electrons. The SMILES string of the molecule is CC1(C)C(=O)NC(=O)N1CC(=O)N[C@@H]1CN(CCCO)C[C@H]1C1CC1. The first-order valence-electron chi connectivity index (χ1n) is 9.08. The summed E-state index contributed by atoms with van der Waals surface area (Å²) < 4.78 is 0. The van der Waals surface area contributed by atoms with Crippen molar-refractivity contribution in [2.24, 2.45) is 11.8 Å². The van der Waals surface area contributed by atoms with Crippen LogP contribution in [0.5, 0.6) is 0 Å². The van der Waals surface area contributed by atoms with Crippen molar-refractivity contribution in [3.63, 3.8) is 0 Å². The molecule has 3 fully saturated rings. The molecule has 0 unspecified atom stereocenters. The van der Waals surface area contributed by atoms with E-state index in [1.165, 1.54) is 17.7 Å². The van der Waals surface area contributed by atoms with Crippen molar-refractivity contribution < 1.29 is 19.5 Å². The minimum absolute atomic E-state index is 0.0724. The lowest BCUT2D eigenvalue weighted by molar-refractivity contribution is -0.127. The molecule has 2 saturated heterocycles. The van der Waals surface area contributed by atoms with Gasteiger partial charge in [0.25, 0.3) is 5.91 Å². The van der Waals surface area contributed by atoms with Gasteiger partial charge in [0.05, 0.1) is 0 Å². The Balaban J connectivity index is 1.58. The molecule has 8 heteroatoms. The number of amides is 4. The molecule has 25 heavy (non-hydrogen) atoms. The van der Waals surface area contributed by atoms with Crippen molar-refractivity contribution >= 4 is 17.8 Å². The van der Waals surface area contributed by atoms with Gasteiger partial charge in [0, 0.05) is 32.3 Å². The molecule has 0 spiro atoms.